The van der Waals surface area contributed by atoms with Crippen LogP contribution < -0.4 is 10.1 Å². The average Bonchev–Trinajstić information content (AvgIpc) is 3.57. The van der Waals surface area contributed by atoms with Crippen LogP contribution in [0.4, 0.5) is 0 Å². The third kappa shape index (κ3) is 6.61. The van der Waals surface area contributed by atoms with Gasteiger partial charge in [-0.25, -0.2) is 4.68 Å². The van der Waals surface area contributed by atoms with E-state index in [0.717, 1.165) is 36.3 Å². The second-order valence-corrected chi connectivity index (χ2v) is 9.28. The van der Waals surface area contributed by atoms with E-state index < -0.39 is 5.91 Å². The van der Waals surface area contributed by atoms with Crippen LogP contribution in [0.2, 0.25) is 0 Å². The summed E-state index contributed by atoms with van der Waals surface area (Å²) < 4.78 is 13.2. The molecule has 1 atom stereocenters. The van der Waals surface area contributed by atoms with Crippen LogP contribution in [0.3, 0.4) is 0 Å². The van der Waals surface area contributed by atoms with Gasteiger partial charge < -0.3 is 14.8 Å². The Morgan fingerprint density at radius 2 is 2.03 bits per heavy atom. The summed E-state index contributed by atoms with van der Waals surface area (Å²) in [5.41, 5.74) is 3.12. The molecule has 1 aromatic heterocycles. The molecule has 2 aromatic carbocycles. The topological polar surface area (TPSA) is 89.2 Å². The molecular formula is C29H32N4O3. The molecule has 1 fully saturated rings. The summed E-state index contributed by atoms with van der Waals surface area (Å²) in [5.74, 6) is 0.961. The molecule has 0 aliphatic carbocycles. The zero-order valence-electron chi connectivity index (χ0n) is 20.8. The van der Waals surface area contributed by atoms with E-state index in [9.17, 15) is 10.1 Å². The number of hydrogen-bond acceptors (Lipinski definition) is 5. The SMILES string of the molecule is CC(C)CCOc1ccc(-c2nn(-c3ccccc3)cc2C=C(C#N)C(=O)NCC2CCCO2)cc1. The summed E-state index contributed by atoms with van der Waals surface area (Å²) in [6, 6.07) is 19.5. The number of aromatic nitrogens is 2. The molecule has 1 N–H and O–H groups in total. The molecule has 1 aliphatic rings. The van der Waals surface area contributed by atoms with Gasteiger partial charge in [-0.1, -0.05) is 32.0 Å². The molecule has 1 unspecified atom stereocenters. The molecule has 1 amide bonds. The highest BCUT2D eigenvalue weighted by Crippen LogP contribution is 2.28. The second kappa shape index (κ2) is 12.2. The minimum Gasteiger partial charge on any atom is -0.494 e. The lowest BCUT2D eigenvalue weighted by molar-refractivity contribution is -0.117. The molecular weight excluding hydrogens is 452 g/mol. The second-order valence-electron chi connectivity index (χ2n) is 9.28. The van der Waals surface area contributed by atoms with E-state index in [0.29, 0.717) is 36.9 Å². The Kier molecular flexibility index (Phi) is 8.53. The maximum atomic E-state index is 12.8. The van der Waals surface area contributed by atoms with Crippen molar-refractivity contribution in [2.75, 3.05) is 19.8 Å². The zero-order chi connectivity index (χ0) is 25.3. The molecule has 3 aromatic rings. The predicted molar refractivity (Wildman–Crippen MR) is 140 cm³/mol. The Hall–Kier alpha value is -3.89. The minimum atomic E-state index is -0.416. The molecule has 1 saturated heterocycles. The number of benzene rings is 2. The van der Waals surface area contributed by atoms with Crippen molar-refractivity contribution in [3.63, 3.8) is 0 Å². The quantitative estimate of drug-likeness (QED) is 0.317. The number of carbonyl (C=O) groups is 1. The predicted octanol–water partition coefficient (Wildman–Crippen LogP) is 5.17. The summed E-state index contributed by atoms with van der Waals surface area (Å²) in [6.45, 7) is 6.11. The van der Waals surface area contributed by atoms with Crippen LogP contribution in [-0.4, -0.2) is 41.6 Å². The summed E-state index contributed by atoms with van der Waals surface area (Å²) >= 11 is 0. The minimum absolute atomic E-state index is 0.00607. The smallest absolute Gasteiger partial charge is 0.262 e. The van der Waals surface area contributed by atoms with Crippen molar-refractivity contribution >= 4 is 12.0 Å². The number of ether oxygens (including phenoxy) is 2. The van der Waals surface area contributed by atoms with E-state index in [1.807, 2.05) is 66.9 Å². The first kappa shape index (κ1) is 25.2. The van der Waals surface area contributed by atoms with Gasteiger partial charge in [0, 0.05) is 30.5 Å². The van der Waals surface area contributed by atoms with E-state index in [4.69, 9.17) is 14.6 Å². The van der Waals surface area contributed by atoms with Crippen LogP contribution in [0.1, 0.15) is 38.7 Å². The molecule has 7 nitrogen and oxygen atoms in total. The first-order valence-corrected chi connectivity index (χ1v) is 12.4. The lowest BCUT2D eigenvalue weighted by Gasteiger charge is -2.10. The Labute approximate surface area is 212 Å². The highest BCUT2D eigenvalue weighted by Gasteiger charge is 2.19. The van der Waals surface area contributed by atoms with Crippen molar-refractivity contribution in [2.45, 2.75) is 39.2 Å². The Bertz CT molecular complexity index is 1220. The molecule has 0 radical (unpaired) electrons. The lowest BCUT2D eigenvalue weighted by atomic mass is 10.1. The lowest BCUT2D eigenvalue weighted by Crippen LogP contribution is -2.32. The van der Waals surface area contributed by atoms with Crippen LogP contribution in [-0.2, 0) is 9.53 Å². The highest BCUT2D eigenvalue weighted by atomic mass is 16.5. The van der Waals surface area contributed by atoms with E-state index >= 15 is 0 Å². The van der Waals surface area contributed by atoms with Crippen molar-refractivity contribution in [2.24, 2.45) is 5.92 Å². The molecule has 36 heavy (non-hydrogen) atoms. The van der Waals surface area contributed by atoms with Crippen LogP contribution in [0.15, 0.2) is 66.4 Å². The number of rotatable bonds is 10. The molecule has 0 bridgehead atoms. The third-order valence-corrected chi connectivity index (χ3v) is 6.03. The van der Waals surface area contributed by atoms with Gasteiger partial charge in [0.25, 0.3) is 5.91 Å². The number of nitrogens with zero attached hydrogens (tertiary/aromatic N) is 3. The van der Waals surface area contributed by atoms with Gasteiger partial charge in [-0.2, -0.15) is 10.4 Å². The van der Waals surface area contributed by atoms with Gasteiger partial charge in [-0.15, -0.1) is 0 Å². The molecule has 0 saturated carbocycles. The van der Waals surface area contributed by atoms with Gasteiger partial charge in [0.15, 0.2) is 0 Å². The number of amides is 1. The zero-order valence-corrected chi connectivity index (χ0v) is 20.8. The van der Waals surface area contributed by atoms with Gasteiger partial charge in [0.05, 0.1) is 24.1 Å². The van der Waals surface area contributed by atoms with Gasteiger partial charge in [-0.3, -0.25) is 4.79 Å². The number of nitriles is 1. The molecule has 4 rings (SSSR count). The standard InChI is InChI=1S/C29H32N4O3/c1-21(2)14-16-36-26-12-10-22(11-13-26)28-24(20-33(32-28)25-7-4-3-5-8-25)17-23(18-30)29(34)31-19-27-9-6-15-35-27/h3-5,7-8,10-13,17,20-21,27H,6,9,14-16,19H2,1-2H3,(H,31,34). The van der Waals surface area contributed by atoms with Gasteiger partial charge in [0.2, 0.25) is 0 Å². The summed E-state index contributed by atoms with van der Waals surface area (Å²) in [6.07, 6.45) is 6.33. The van der Waals surface area contributed by atoms with Crippen molar-refractivity contribution in [3.8, 4) is 28.8 Å². The Morgan fingerprint density at radius 3 is 2.69 bits per heavy atom. The van der Waals surface area contributed by atoms with Crippen molar-refractivity contribution in [1.29, 1.82) is 5.26 Å². The first-order valence-electron chi connectivity index (χ1n) is 12.4. The summed E-state index contributed by atoms with van der Waals surface area (Å²) in [4.78, 5) is 12.8. The monoisotopic (exact) mass is 484 g/mol. The molecule has 2 heterocycles. The first-order chi connectivity index (χ1) is 17.5. The molecule has 7 heteroatoms. The van der Waals surface area contributed by atoms with Gasteiger partial charge in [-0.05, 0) is 67.7 Å². The maximum absolute atomic E-state index is 12.8. The fourth-order valence-electron chi connectivity index (χ4n) is 3.96. The number of hydrogen-bond donors (Lipinski definition) is 1. The van der Waals surface area contributed by atoms with Gasteiger partial charge in [0.1, 0.15) is 17.4 Å². The molecule has 186 valence electrons. The number of para-hydroxylation sites is 1. The van der Waals surface area contributed by atoms with E-state index in [1.165, 1.54) is 0 Å². The van der Waals surface area contributed by atoms with Crippen molar-refractivity contribution < 1.29 is 14.3 Å². The molecule has 1 aliphatic heterocycles. The van der Waals surface area contributed by atoms with Crippen LogP contribution in [0.25, 0.3) is 23.0 Å². The summed E-state index contributed by atoms with van der Waals surface area (Å²) in [5, 5.41) is 17.4. The van der Waals surface area contributed by atoms with Crippen LogP contribution in [0, 0.1) is 17.2 Å². The summed E-state index contributed by atoms with van der Waals surface area (Å²) in [7, 11) is 0. The van der Waals surface area contributed by atoms with Crippen molar-refractivity contribution in [3.05, 3.63) is 71.9 Å². The number of nitrogens with one attached hydrogen (secondary N) is 1. The maximum Gasteiger partial charge on any atom is 0.262 e. The Morgan fingerprint density at radius 1 is 1.25 bits per heavy atom. The van der Waals surface area contributed by atoms with Crippen LogP contribution >= 0.6 is 0 Å². The normalized spacial score (nSPS) is 15.6. The van der Waals surface area contributed by atoms with Gasteiger partial charge >= 0.3 is 0 Å². The van der Waals surface area contributed by atoms with Crippen molar-refractivity contribution in [1.82, 2.24) is 15.1 Å². The average molecular weight is 485 g/mol. The fourth-order valence-corrected chi connectivity index (χ4v) is 3.96. The van der Waals surface area contributed by atoms with E-state index in [2.05, 4.69) is 19.2 Å². The number of carbonyl (C=O) groups excluding carboxylic acids is 1. The highest BCUT2D eigenvalue weighted by molar-refractivity contribution is 6.02. The van der Waals surface area contributed by atoms with Crippen LogP contribution in [0.5, 0.6) is 5.75 Å². The van der Waals surface area contributed by atoms with E-state index in [-0.39, 0.29) is 11.7 Å². The third-order valence-electron chi connectivity index (χ3n) is 6.03. The molecule has 0 spiro atoms. The Balaban J connectivity index is 1.60. The van der Waals surface area contributed by atoms with E-state index in [1.54, 1.807) is 10.8 Å². The fraction of sp³-hybridized carbons (Fsp3) is 0.345. The largest absolute Gasteiger partial charge is 0.494 e.